The number of halogens is 2. The van der Waals surface area contributed by atoms with Gasteiger partial charge in [0.15, 0.2) is 0 Å². The van der Waals surface area contributed by atoms with Gasteiger partial charge in [-0.05, 0) is 93.3 Å². The number of anilines is 1. The van der Waals surface area contributed by atoms with Crippen LogP contribution in [0.2, 0.25) is 10.0 Å². The van der Waals surface area contributed by atoms with E-state index in [1.165, 1.54) is 17.0 Å². The van der Waals surface area contributed by atoms with Gasteiger partial charge in [-0.15, -0.1) is 0 Å². The van der Waals surface area contributed by atoms with Crippen LogP contribution in [-0.4, -0.2) is 43.8 Å². The first-order valence-electron chi connectivity index (χ1n) is 15.0. The minimum Gasteiger partial charge on any atom is -0.352 e. The lowest BCUT2D eigenvalue weighted by molar-refractivity contribution is -0.140. The predicted molar refractivity (Wildman–Crippen MR) is 186 cm³/mol. The summed E-state index contributed by atoms with van der Waals surface area (Å²) >= 11 is 12.5. The molecule has 1 N–H and O–H groups in total. The van der Waals surface area contributed by atoms with E-state index in [2.05, 4.69) is 5.32 Å². The lowest BCUT2D eigenvalue weighted by atomic mass is 10.0. The van der Waals surface area contributed by atoms with Gasteiger partial charge in [0, 0.05) is 19.0 Å². The van der Waals surface area contributed by atoms with Gasteiger partial charge in [-0.2, -0.15) is 0 Å². The van der Waals surface area contributed by atoms with Gasteiger partial charge in [0.2, 0.25) is 11.8 Å². The Kier molecular flexibility index (Phi) is 11.5. The summed E-state index contributed by atoms with van der Waals surface area (Å²) in [5, 5.41) is 3.61. The van der Waals surface area contributed by atoms with Crippen LogP contribution in [0.25, 0.3) is 0 Å². The molecule has 0 fully saturated rings. The van der Waals surface area contributed by atoms with E-state index >= 15 is 0 Å². The van der Waals surface area contributed by atoms with Gasteiger partial charge in [-0.3, -0.25) is 13.9 Å². The number of aryl methyl sites for hydroxylation is 3. The standard InChI is InChI=1S/C36H39Cl2N3O4S/c1-24(2)39-36(43)34(21-28-9-7-6-8-10-28)40(22-29-14-18-32(37)33(38)20-29)35(42)23-41(30-15-13-26(4)27(5)19-30)46(44,45)31-16-11-25(3)12-17-31/h6-20,24,34H,21-23H2,1-5H3,(H,39,43)/t34-/m0/s1. The van der Waals surface area contributed by atoms with Crippen LogP contribution in [0.3, 0.4) is 0 Å². The first-order valence-corrected chi connectivity index (χ1v) is 17.2. The molecular weight excluding hydrogens is 641 g/mol. The molecule has 4 rings (SSSR count). The molecule has 0 aromatic heterocycles. The molecule has 242 valence electrons. The van der Waals surface area contributed by atoms with Crippen molar-refractivity contribution in [2.45, 2.75) is 64.6 Å². The van der Waals surface area contributed by atoms with Crippen molar-refractivity contribution in [2.24, 2.45) is 0 Å². The molecule has 0 spiro atoms. The molecule has 7 nitrogen and oxygen atoms in total. The molecular formula is C36H39Cl2N3O4S. The van der Waals surface area contributed by atoms with Crippen LogP contribution < -0.4 is 9.62 Å². The average Bonchev–Trinajstić information content (AvgIpc) is 3.01. The van der Waals surface area contributed by atoms with Crippen LogP contribution in [0.4, 0.5) is 5.69 Å². The Hall–Kier alpha value is -3.85. The molecule has 0 saturated heterocycles. The molecule has 0 bridgehead atoms. The van der Waals surface area contributed by atoms with Crippen LogP contribution in [0.5, 0.6) is 0 Å². The van der Waals surface area contributed by atoms with E-state index in [9.17, 15) is 18.0 Å². The molecule has 0 heterocycles. The van der Waals surface area contributed by atoms with Crippen molar-refractivity contribution < 1.29 is 18.0 Å². The number of hydrogen-bond donors (Lipinski definition) is 1. The fourth-order valence-corrected chi connectivity index (χ4v) is 6.74. The zero-order chi connectivity index (χ0) is 33.6. The highest BCUT2D eigenvalue weighted by atomic mass is 35.5. The number of benzene rings is 4. The molecule has 0 aliphatic carbocycles. The van der Waals surface area contributed by atoms with E-state index in [1.54, 1.807) is 42.5 Å². The minimum absolute atomic E-state index is 0.00984. The summed E-state index contributed by atoms with van der Waals surface area (Å²) in [4.78, 5) is 29.9. The third-order valence-corrected chi connectivity index (χ3v) is 10.2. The Morgan fingerprint density at radius 1 is 0.783 bits per heavy atom. The van der Waals surface area contributed by atoms with Crippen molar-refractivity contribution in [3.05, 3.63) is 129 Å². The second-order valence-corrected chi connectivity index (χ2v) is 14.4. The molecule has 0 aliphatic heterocycles. The minimum atomic E-state index is -4.19. The van der Waals surface area contributed by atoms with Crippen molar-refractivity contribution in [3.63, 3.8) is 0 Å². The Balaban J connectivity index is 1.84. The van der Waals surface area contributed by atoms with Gasteiger partial charge in [0.05, 0.1) is 20.6 Å². The average molecular weight is 681 g/mol. The summed E-state index contributed by atoms with van der Waals surface area (Å²) in [6.07, 6.45) is 0.209. The number of carbonyl (C=O) groups is 2. The van der Waals surface area contributed by atoms with Gasteiger partial charge in [-0.25, -0.2) is 8.42 Å². The SMILES string of the molecule is Cc1ccc(S(=O)(=O)N(CC(=O)N(Cc2ccc(Cl)c(Cl)c2)[C@@H](Cc2ccccc2)C(=O)NC(C)C)c2ccc(C)c(C)c2)cc1. The van der Waals surface area contributed by atoms with Crippen molar-refractivity contribution in [3.8, 4) is 0 Å². The quantitative estimate of drug-likeness (QED) is 0.171. The lowest BCUT2D eigenvalue weighted by Crippen LogP contribution is -2.54. The second kappa shape index (κ2) is 15.2. The molecule has 4 aromatic carbocycles. The Bertz CT molecular complexity index is 1800. The summed E-state index contributed by atoms with van der Waals surface area (Å²) in [6.45, 7) is 8.83. The highest BCUT2D eigenvalue weighted by Crippen LogP contribution is 2.28. The van der Waals surface area contributed by atoms with Crippen molar-refractivity contribution in [1.82, 2.24) is 10.2 Å². The summed E-state index contributed by atoms with van der Waals surface area (Å²) in [5.74, 6) is -0.911. The normalized spacial score (nSPS) is 12.1. The molecule has 0 radical (unpaired) electrons. The molecule has 1 atom stereocenters. The van der Waals surface area contributed by atoms with Crippen LogP contribution in [0.15, 0.2) is 95.9 Å². The summed E-state index contributed by atoms with van der Waals surface area (Å²) in [7, 11) is -4.19. The molecule has 46 heavy (non-hydrogen) atoms. The van der Waals surface area contributed by atoms with Gasteiger partial charge in [0.1, 0.15) is 12.6 Å². The van der Waals surface area contributed by atoms with E-state index in [-0.39, 0.29) is 29.8 Å². The highest BCUT2D eigenvalue weighted by molar-refractivity contribution is 7.92. The van der Waals surface area contributed by atoms with Crippen molar-refractivity contribution in [1.29, 1.82) is 0 Å². The van der Waals surface area contributed by atoms with Crippen LogP contribution in [-0.2, 0) is 32.6 Å². The van der Waals surface area contributed by atoms with Gasteiger partial charge in [0.25, 0.3) is 10.0 Å². The summed E-state index contributed by atoms with van der Waals surface area (Å²) in [5.41, 5.74) is 4.59. The highest BCUT2D eigenvalue weighted by Gasteiger charge is 2.35. The number of hydrogen-bond acceptors (Lipinski definition) is 4. The smallest absolute Gasteiger partial charge is 0.264 e. The second-order valence-electron chi connectivity index (χ2n) is 11.7. The lowest BCUT2D eigenvalue weighted by Gasteiger charge is -2.34. The fourth-order valence-electron chi connectivity index (χ4n) is 5.02. The van der Waals surface area contributed by atoms with E-state index in [1.807, 2.05) is 71.0 Å². The first-order chi connectivity index (χ1) is 21.8. The molecule has 10 heteroatoms. The number of rotatable bonds is 12. The number of carbonyl (C=O) groups excluding carboxylic acids is 2. The molecule has 0 saturated carbocycles. The molecule has 0 aliphatic rings. The van der Waals surface area contributed by atoms with E-state index in [0.29, 0.717) is 21.3 Å². The Morgan fingerprint density at radius 2 is 1.46 bits per heavy atom. The maximum atomic E-state index is 14.6. The van der Waals surface area contributed by atoms with E-state index in [4.69, 9.17) is 23.2 Å². The number of nitrogens with zero attached hydrogens (tertiary/aromatic N) is 2. The topological polar surface area (TPSA) is 86.8 Å². The maximum Gasteiger partial charge on any atom is 0.264 e. The van der Waals surface area contributed by atoms with Gasteiger partial charge in [-0.1, -0.05) is 83.4 Å². The van der Waals surface area contributed by atoms with Crippen LogP contribution in [0, 0.1) is 20.8 Å². The van der Waals surface area contributed by atoms with Crippen molar-refractivity contribution in [2.75, 3.05) is 10.8 Å². The number of amides is 2. The monoisotopic (exact) mass is 679 g/mol. The third kappa shape index (κ3) is 8.69. The fraction of sp³-hybridized carbons (Fsp3) is 0.278. The molecule has 4 aromatic rings. The van der Waals surface area contributed by atoms with Crippen molar-refractivity contribution >= 4 is 50.7 Å². The van der Waals surface area contributed by atoms with Crippen LogP contribution >= 0.6 is 23.2 Å². The largest absolute Gasteiger partial charge is 0.352 e. The van der Waals surface area contributed by atoms with Gasteiger partial charge >= 0.3 is 0 Å². The third-order valence-electron chi connectivity index (χ3n) is 7.71. The molecule has 0 unspecified atom stereocenters. The maximum absolute atomic E-state index is 14.6. The number of sulfonamides is 1. The van der Waals surface area contributed by atoms with E-state index in [0.717, 1.165) is 26.6 Å². The predicted octanol–water partition coefficient (Wildman–Crippen LogP) is 7.28. The zero-order valence-corrected chi connectivity index (χ0v) is 29.0. The van der Waals surface area contributed by atoms with Crippen LogP contribution in [0.1, 0.15) is 41.7 Å². The summed E-state index contributed by atoms with van der Waals surface area (Å²) in [6, 6.07) is 25.0. The zero-order valence-electron chi connectivity index (χ0n) is 26.6. The number of nitrogens with one attached hydrogen (secondary N) is 1. The molecule has 2 amide bonds. The first kappa shape index (κ1) is 35.0. The van der Waals surface area contributed by atoms with Gasteiger partial charge < -0.3 is 10.2 Å². The Morgan fingerprint density at radius 3 is 2.07 bits per heavy atom. The van der Waals surface area contributed by atoms with E-state index < -0.39 is 28.5 Å². The Labute approximate surface area is 282 Å². The summed E-state index contributed by atoms with van der Waals surface area (Å²) < 4.78 is 29.6.